The minimum Gasteiger partial charge on any atom is -0.322 e. The summed E-state index contributed by atoms with van der Waals surface area (Å²) < 4.78 is 2.05. The van der Waals surface area contributed by atoms with Gasteiger partial charge in [0.15, 0.2) is 6.04 Å². The van der Waals surface area contributed by atoms with Crippen LogP contribution in [-0.2, 0) is 0 Å². The molecule has 3 heterocycles. The van der Waals surface area contributed by atoms with Crippen molar-refractivity contribution in [3.8, 4) is 0 Å². The summed E-state index contributed by atoms with van der Waals surface area (Å²) in [6.45, 7) is 6.26. The molecule has 31 heavy (non-hydrogen) atoms. The highest BCUT2D eigenvalue weighted by atomic mass is 16.1. The number of hydrogen-bond donors (Lipinski definition) is 2. The van der Waals surface area contributed by atoms with Crippen molar-refractivity contribution in [2.24, 2.45) is 0 Å². The SMILES string of the molecule is Cc1ccc(C)c2[nH]c(=O)c([C@H](c3nnnn3C3CCCCC3)[NH+]3CCCCC3)cc12. The fraction of sp³-hybridized carbons (Fsp3) is 0.583. The molecule has 0 bridgehead atoms. The third-order valence-electron chi connectivity index (χ3n) is 7.38. The Balaban J connectivity index is 1.66. The average Bonchev–Trinajstić information content (AvgIpc) is 3.28. The largest absolute Gasteiger partial charge is 0.322 e. The molecular weight excluding hydrogens is 388 g/mol. The van der Waals surface area contributed by atoms with Gasteiger partial charge in [-0.05, 0) is 73.6 Å². The molecule has 2 aromatic heterocycles. The van der Waals surface area contributed by atoms with Gasteiger partial charge in [-0.15, -0.1) is 5.10 Å². The Morgan fingerprint density at radius 3 is 2.52 bits per heavy atom. The molecule has 0 unspecified atom stereocenters. The molecule has 5 rings (SSSR count). The molecule has 3 aromatic rings. The van der Waals surface area contributed by atoms with E-state index in [0.717, 1.165) is 53.8 Å². The Hall–Kier alpha value is -2.54. The zero-order valence-corrected chi connectivity index (χ0v) is 18.7. The molecule has 1 aliphatic carbocycles. The second kappa shape index (κ2) is 8.54. The van der Waals surface area contributed by atoms with Gasteiger partial charge in [0.2, 0.25) is 5.82 Å². The minimum absolute atomic E-state index is 0.0116. The van der Waals surface area contributed by atoms with E-state index < -0.39 is 0 Å². The number of pyridine rings is 1. The molecule has 7 nitrogen and oxygen atoms in total. The number of rotatable bonds is 4. The molecule has 1 saturated carbocycles. The van der Waals surface area contributed by atoms with Crippen LogP contribution in [0.2, 0.25) is 0 Å². The predicted molar refractivity (Wildman–Crippen MR) is 120 cm³/mol. The van der Waals surface area contributed by atoms with Crippen molar-refractivity contribution in [2.45, 2.75) is 77.3 Å². The van der Waals surface area contributed by atoms with Crippen LogP contribution in [-0.4, -0.2) is 38.3 Å². The molecule has 2 fully saturated rings. The van der Waals surface area contributed by atoms with Gasteiger partial charge in [0.25, 0.3) is 5.56 Å². The number of quaternary nitrogens is 1. The van der Waals surface area contributed by atoms with Gasteiger partial charge >= 0.3 is 0 Å². The molecule has 0 spiro atoms. The van der Waals surface area contributed by atoms with Crippen molar-refractivity contribution in [1.29, 1.82) is 0 Å². The zero-order valence-electron chi connectivity index (χ0n) is 18.7. The number of benzene rings is 1. The van der Waals surface area contributed by atoms with E-state index in [-0.39, 0.29) is 11.6 Å². The van der Waals surface area contributed by atoms with Gasteiger partial charge in [0.05, 0.1) is 30.2 Å². The molecule has 7 heteroatoms. The lowest BCUT2D eigenvalue weighted by molar-refractivity contribution is -0.931. The van der Waals surface area contributed by atoms with Crippen LogP contribution in [0.3, 0.4) is 0 Å². The van der Waals surface area contributed by atoms with Gasteiger partial charge in [0.1, 0.15) is 0 Å². The number of nitrogens with one attached hydrogen (secondary N) is 2. The Morgan fingerprint density at radius 2 is 1.74 bits per heavy atom. The number of aromatic amines is 1. The highest BCUT2D eigenvalue weighted by molar-refractivity contribution is 5.85. The van der Waals surface area contributed by atoms with E-state index in [2.05, 4.69) is 50.3 Å². The fourth-order valence-corrected chi connectivity index (χ4v) is 5.62. The molecule has 2 N–H and O–H groups in total. The summed E-state index contributed by atoms with van der Waals surface area (Å²) in [5.74, 6) is 0.860. The Bertz CT molecular complexity index is 1120. The minimum atomic E-state index is -0.134. The number of nitrogens with zero attached hydrogens (tertiary/aromatic N) is 4. The summed E-state index contributed by atoms with van der Waals surface area (Å²) in [7, 11) is 0. The van der Waals surface area contributed by atoms with E-state index >= 15 is 0 Å². The van der Waals surface area contributed by atoms with Crippen molar-refractivity contribution in [1.82, 2.24) is 25.2 Å². The van der Waals surface area contributed by atoms with Crippen LogP contribution < -0.4 is 10.5 Å². The summed E-state index contributed by atoms with van der Waals surface area (Å²) in [5, 5.41) is 14.2. The van der Waals surface area contributed by atoms with Gasteiger partial charge in [-0.2, -0.15) is 0 Å². The third kappa shape index (κ3) is 3.80. The van der Waals surface area contributed by atoms with Gasteiger partial charge in [-0.25, -0.2) is 4.68 Å². The van der Waals surface area contributed by atoms with Crippen LogP contribution in [0.5, 0.6) is 0 Å². The van der Waals surface area contributed by atoms with Crippen LogP contribution in [0.1, 0.15) is 86.0 Å². The number of piperidine rings is 1. The number of H-pyrrole nitrogens is 1. The predicted octanol–water partition coefficient (Wildman–Crippen LogP) is 2.79. The standard InChI is InChI=1S/C24H32N6O/c1-16-11-12-17(2)21-19(16)15-20(24(31)25-21)22(29-13-7-4-8-14-29)23-26-27-28-30(23)18-9-5-3-6-10-18/h11-12,15,18,22H,3-10,13-14H2,1-2H3,(H,25,31)/p+1/t22-/m1/s1. The quantitative estimate of drug-likeness (QED) is 0.679. The number of hydrogen-bond acceptors (Lipinski definition) is 4. The van der Waals surface area contributed by atoms with Crippen LogP contribution in [0.25, 0.3) is 10.9 Å². The summed E-state index contributed by atoms with van der Waals surface area (Å²) in [5.41, 5.74) is 4.00. The zero-order chi connectivity index (χ0) is 21.4. The van der Waals surface area contributed by atoms with E-state index in [0.29, 0.717) is 6.04 Å². The maximum absolute atomic E-state index is 13.4. The van der Waals surface area contributed by atoms with E-state index in [4.69, 9.17) is 0 Å². The monoisotopic (exact) mass is 421 g/mol. The first kappa shape index (κ1) is 20.4. The van der Waals surface area contributed by atoms with Crippen LogP contribution in [0, 0.1) is 13.8 Å². The van der Waals surface area contributed by atoms with E-state index in [1.54, 1.807) is 0 Å². The number of fused-ring (bicyclic) bond motifs is 1. The molecule has 1 aliphatic heterocycles. The first-order valence-electron chi connectivity index (χ1n) is 11.9. The smallest absolute Gasteiger partial charge is 0.258 e. The second-order valence-electron chi connectivity index (χ2n) is 9.47. The van der Waals surface area contributed by atoms with E-state index in [1.165, 1.54) is 49.0 Å². The molecule has 1 saturated heterocycles. The average molecular weight is 422 g/mol. The van der Waals surface area contributed by atoms with Crippen LogP contribution >= 0.6 is 0 Å². The van der Waals surface area contributed by atoms with Crippen molar-refractivity contribution >= 4 is 10.9 Å². The molecule has 1 atom stereocenters. The number of aromatic nitrogens is 5. The Morgan fingerprint density at radius 1 is 1.03 bits per heavy atom. The maximum Gasteiger partial charge on any atom is 0.258 e. The van der Waals surface area contributed by atoms with Crippen molar-refractivity contribution in [2.75, 3.05) is 13.1 Å². The summed E-state index contributed by atoms with van der Waals surface area (Å²) in [6.07, 6.45) is 9.59. The summed E-state index contributed by atoms with van der Waals surface area (Å²) >= 11 is 0. The van der Waals surface area contributed by atoms with Crippen LogP contribution in [0.15, 0.2) is 23.0 Å². The summed E-state index contributed by atoms with van der Waals surface area (Å²) in [4.78, 5) is 18.0. The molecule has 0 radical (unpaired) electrons. The number of likely N-dealkylation sites (tertiary alicyclic amines) is 1. The lowest BCUT2D eigenvalue weighted by Gasteiger charge is -2.32. The van der Waals surface area contributed by atoms with E-state index in [1.807, 2.05) is 6.92 Å². The van der Waals surface area contributed by atoms with Gasteiger partial charge in [0, 0.05) is 5.39 Å². The number of aryl methyl sites for hydroxylation is 2. The topological polar surface area (TPSA) is 80.9 Å². The number of tetrazole rings is 1. The van der Waals surface area contributed by atoms with Gasteiger partial charge in [-0.3, -0.25) is 4.79 Å². The van der Waals surface area contributed by atoms with Crippen molar-refractivity contribution < 1.29 is 4.90 Å². The molecule has 2 aliphatic rings. The van der Waals surface area contributed by atoms with Gasteiger partial charge < -0.3 is 9.88 Å². The highest BCUT2D eigenvalue weighted by Crippen LogP contribution is 2.30. The van der Waals surface area contributed by atoms with Crippen molar-refractivity contribution in [3.05, 3.63) is 51.1 Å². The first-order chi connectivity index (χ1) is 15.1. The molecule has 164 valence electrons. The molecule has 1 aromatic carbocycles. The third-order valence-corrected chi connectivity index (χ3v) is 7.38. The van der Waals surface area contributed by atoms with Crippen molar-refractivity contribution in [3.63, 3.8) is 0 Å². The fourth-order valence-electron chi connectivity index (χ4n) is 5.62. The lowest BCUT2D eigenvalue weighted by atomic mass is 9.94. The van der Waals surface area contributed by atoms with Crippen LogP contribution in [0.4, 0.5) is 0 Å². The maximum atomic E-state index is 13.4. The highest BCUT2D eigenvalue weighted by Gasteiger charge is 2.36. The Kier molecular flexibility index (Phi) is 5.61. The first-order valence-corrected chi connectivity index (χ1v) is 11.9. The Labute approximate surface area is 182 Å². The summed E-state index contributed by atoms with van der Waals surface area (Å²) in [6, 6.07) is 6.53. The lowest BCUT2D eigenvalue weighted by Crippen LogP contribution is -3.13. The molecule has 0 amide bonds. The van der Waals surface area contributed by atoms with E-state index in [9.17, 15) is 4.79 Å². The second-order valence-corrected chi connectivity index (χ2v) is 9.47. The molecular formula is C24H33N6O+. The normalized spacial score (nSPS) is 19.7. The van der Waals surface area contributed by atoms with Gasteiger partial charge in [-0.1, -0.05) is 31.4 Å².